The van der Waals surface area contributed by atoms with Crippen LogP contribution in [-0.4, -0.2) is 27.0 Å². The summed E-state index contributed by atoms with van der Waals surface area (Å²) < 4.78 is 15.4. The molecule has 2 aliphatic rings. The lowest BCUT2D eigenvalue weighted by molar-refractivity contribution is -0.0479. The Kier molecular flexibility index (Phi) is 6.61. The number of hydrogen-bond acceptors (Lipinski definition) is 3. The van der Waals surface area contributed by atoms with Crippen LogP contribution in [0.1, 0.15) is 75.1 Å². The van der Waals surface area contributed by atoms with Gasteiger partial charge < -0.3 is 10.4 Å². The number of benzene rings is 3. The second-order valence-corrected chi connectivity index (χ2v) is 11.6. The van der Waals surface area contributed by atoms with Crippen molar-refractivity contribution in [1.82, 2.24) is 15.1 Å². The van der Waals surface area contributed by atoms with Crippen molar-refractivity contribution in [3.63, 3.8) is 0 Å². The third-order valence-corrected chi connectivity index (χ3v) is 9.51. The van der Waals surface area contributed by atoms with Crippen LogP contribution >= 0.6 is 0 Å². The number of nitrogens with zero attached hydrogens (tertiary/aromatic N) is 2. The Hall–Kier alpha value is -3.02. The zero-order valence-corrected chi connectivity index (χ0v) is 22.5. The molecule has 0 bridgehead atoms. The summed E-state index contributed by atoms with van der Waals surface area (Å²) in [5.74, 6) is 0.211. The standard InChI is InChI=1S/C33H38FN3O/c1-3-33-17-16-32(38,22-35-23(2)24-8-5-4-6-9-24)20-27(33)11-7-10-25-19-31-26(18-30(25)33)21-36-37(31)29-14-12-28(34)13-15-29/h4-6,8-9,12-15,18-19,21,23,27,35,38H,3,7,10-11,16-17,20,22H2,1-2H3/t23-,27+,32-,33+/m1/s1. The van der Waals surface area contributed by atoms with Gasteiger partial charge in [0.2, 0.25) is 0 Å². The SMILES string of the molecule is CC[C@]12CC[C@](O)(CN[C@H](C)c3ccccc3)C[C@@H]1CCCc1cc3c(cnn3-c3ccc(F)cc3)cc12. The number of nitrogens with one attached hydrogen (secondary N) is 1. The summed E-state index contributed by atoms with van der Waals surface area (Å²) in [6.07, 6.45) is 8.96. The molecule has 0 amide bonds. The number of rotatable bonds is 6. The lowest BCUT2D eigenvalue weighted by Gasteiger charge is -2.50. The van der Waals surface area contributed by atoms with Gasteiger partial charge in [0.1, 0.15) is 5.82 Å². The molecular weight excluding hydrogens is 473 g/mol. The van der Waals surface area contributed by atoms with Crippen LogP contribution in [0.5, 0.6) is 0 Å². The van der Waals surface area contributed by atoms with E-state index < -0.39 is 5.60 Å². The molecule has 1 saturated carbocycles. The van der Waals surface area contributed by atoms with E-state index in [4.69, 9.17) is 0 Å². The van der Waals surface area contributed by atoms with Gasteiger partial charge in [-0.05, 0) is 116 Å². The molecule has 0 saturated heterocycles. The minimum absolute atomic E-state index is 0.0786. The van der Waals surface area contributed by atoms with Crippen LogP contribution in [0, 0.1) is 11.7 Å². The maximum Gasteiger partial charge on any atom is 0.123 e. The molecule has 4 nitrogen and oxygen atoms in total. The number of aryl methyl sites for hydroxylation is 1. The van der Waals surface area contributed by atoms with Crippen LogP contribution in [0.2, 0.25) is 0 Å². The molecule has 0 unspecified atom stereocenters. The van der Waals surface area contributed by atoms with Crippen LogP contribution in [-0.2, 0) is 11.8 Å². The summed E-state index contributed by atoms with van der Waals surface area (Å²) in [5, 5.41) is 21.2. The molecule has 0 radical (unpaired) electrons. The molecule has 4 aromatic rings. The second kappa shape index (κ2) is 9.94. The molecule has 3 aromatic carbocycles. The summed E-state index contributed by atoms with van der Waals surface area (Å²) in [6.45, 7) is 5.13. The Balaban J connectivity index is 1.28. The summed E-state index contributed by atoms with van der Waals surface area (Å²) in [7, 11) is 0. The fourth-order valence-electron chi connectivity index (χ4n) is 7.28. The number of hydrogen-bond donors (Lipinski definition) is 2. The molecule has 38 heavy (non-hydrogen) atoms. The van der Waals surface area contributed by atoms with E-state index in [-0.39, 0.29) is 17.3 Å². The minimum atomic E-state index is -0.686. The van der Waals surface area contributed by atoms with E-state index in [2.05, 4.69) is 60.7 Å². The first-order valence-electron chi connectivity index (χ1n) is 14.2. The number of aliphatic hydroxyl groups is 1. The predicted molar refractivity (Wildman–Crippen MR) is 151 cm³/mol. The van der Waals surface area contributed by atoms with Crippen molar-refractivity contribution in [2.45, 2.75) is 75.9 Å². The highest BCUT2D eigenvalue weighted by Crippen LogP contribution is 2.54. The monoisotopic (exact) mass is 511 g/mol. The fraction of sp³-hybridized carbons (Fsp3) is 0.424. The van der Waals surface area contributed by atoms with Crippen molar-refractivity contribution >= 4 is 10.9 Å². The van der Waals surface area contributed by atoms with Gasteiger partial charge in [-0.15, -0.1) is 0 Å². The highest BCUT2D eigenvalue weighted by molar-refractivity contribution is 5.82. The normalized spacial score (nSPS) is 25.9. The molecule has 0 spiro atoms. The maximum atomic E-state index is 13.5. The van der Waals surface area contributed by atoms with E-state index in [1.54, 1.807) is 12.1 Å². The molecule has 198 valence electrons. The number of fused-ring (bicyclic) bond motifs is 4. The van der Waals surface area contributed by atoms with Gasteiger partial charge in [-0.25, -0.2) is 9.07 Å². The maximum absolute atomic E-state index is 13.5. The quantitative estimate of drug-likeness (QED) is 0.292. The van der Waals surface area contributed by atoms with Crippen molar-refractivity contribution in [2.75, 3.05) is 6.54 Å². The first kappa shape index (κ1) is 25.3. The Labute approximate surface area is 224 Å². The summed E-state index contributed by atoms with van der Waals surface area (Å²) in [5.41, 5.74) is 5.46. The third-order valence-electron chi connectivity index (χ3n) is 9.51. The van der Waals surface area contributed by atoms with E-state index in [9.17, 15) is 9.50 Å². The highest BCUT2D eigenvalue weighted by atomic mass is 19.1. The van der Waals surface area contributed by atoms with Crippen molar-refractivity contribution in [2.24, 2.45) is 5.92 Å². The molecule has 4 atom stereocenters. The topological polar surface area (TPSA) is 50.1 Å². The largest absolute Gasteiger partial charge is 0.389 e. The average molecular weight is 512 g/mol. The van der Waals surface area contributed by atoms with Crippen LogP contribution in [0.25, 0.3) is 16.6 Å². The van der Waals surface area contributed by atoms with Crippen LogP contribution in [0.15, 0.2) is 72.9 Å². The number of aromatic nitrogens is 2. The molecule has 1 heterocycles. The van der Waals surface area contributed by atoms with Gasteiger partial charge in [-0.2, -0.15) is 5.10 Å². The Morgan fingerprint density at radius 3 is 2.66 bits per heavy atom. The van der Waals surface area contributed by atoms with Gasteiger partial charge in [-0.3, -0.25) is 0 Å². The van der Waals surface area contributed by atoms with Crippen molar-refractivity contribution in [1.29, 1.82) is 0 Å². The summed E-state index contributed by atoms with van der Waals surface area (Å²) in [4.78, 5) is 0. The molecular formula is C33H38FN3O. The van der Waals surface area contributed by atoms with Crippen molar-refractivity contribution in [3.05, 3.63) is 95.4 Å². The van der Waals surface area contributed by atoms with Gasteiger partial charge >= 0.3 is 0 Å². The Bertz CT molecular complexity index is 1420. The van der Waals surface area contributed by atoms with E-state index in [0.29, 0.717) is 12.5 Å². The van der Waals surface area contributed by atoms with Crippen LogP contribution in [0.4, 0.5) is 4.39 Å². The van der Waals surface area contributed by atoms with E-state index in [1.165, 1.54) is 28.8 Å². The van der Waals surface area contributed by atoms with Gasteiger partial charge in [0, 0.05) is 18.0 Å². The van der Waals surface area contributed by atoms with Gasteiger partial charge in [0.15, 0.2) is 0 Å². The predicted octanol–water partition coefficient (Wildman–Crippen LogP) is 7.03. The smallest absolute Gasteiger partial charge is 0.123 e. The van der Waals surface area contributed by atoms with E-state index in [0.717, 1.165) is 61.5 Å². The number of halogens is 1. The Morgan fingerprint density at radius 2 is 1.89 bits per heavy atom. The fourth-order valence-corrected chi connectivity index (χ4v) is 7.28. The van der Waals surface area contributed by atoms with Crippen molar-refractivity contribution in [3.8, 4) is 5.69 Å². The highest BCUT2D eigenvalue weighted by Gasteiger charge is 2.49. The molecule has 5 heteroatoms. The average Bonchev–Trinajstić information content (AvgIpc) is 3.28. The lowest BCUT2D eigenvalue weighted by atomic mass is 9.57. The molecule has 0 aliphatic heterocycles. The van der Waals surface area contributed by atoms with Crippen LogP contribution in [0.3, 0.4) is 0 Å². The first-order valence-corrected chi connectivity index (χ1v) is 14.2. The first-order chi connectivity index (χ1) is 18.4. The zero-order chi connectivity index (χ0) is 26.3. The van der Waals surface area contributed by atoms with Crippen molar-refractivity contribution < 1.29 is 9.50 Å². The van der Waals surface area contributed by atoms with Gasteiger partial charge in [-0.1, -0.05) is 37.3 Å². The lowest BCUT2D eigenvalue weighted by Crippen LogP contribution is -2.52. The third kappa shape index (κ3) is 4.46. The molecule has 6 rings (SSSR count). The van der Waals surface area contributed by atoms with E-state index in [1.807, 2.05) is 16.9 Å². The van der Waals surface area contributed by atoms with Gasteiger partial charge in [0.05, 0.1) is 23.0 Å². The molecule has 1 fully saturated rings. The summed E-state index contributed by atoms with van der Waals surface area (Å²) in [6, 6.07) is 21.9. The molecule has 2 aliphatic carbocycles. The van der Waals surface area contributed by atoms with E-state index >= 15 is 0 Å². The summed E-state index contributed by atoms with van der Waals surface area (Å²) >= 11 is 0. The zero-order valence-electron chi connectivity index (χ0n) is 22.5. The van der Waals surface area contributed by atoms with Gasteiger partial charge in [0.25, 0.3) is 0 Å². The van der Waals surface area contributed by atoms with Crippen LogP contribution < -0.4 is 5.32 Å². The second-order valence-electron chi connectivity index (χ2n) is 11.6. The minimum Gasteiger partial charge on any atom is -0.389 e. The molecule has 2 N–H and O–H groups in total. The molecule has 1 aromatic heterocycles. The Morgan fingerprint density at radius 1 is 1.11 bits per heavy atom.